The van der Waals surface area contributed by atoms with Crippen LogP contribution in [0.25, 0.3) is 0 Å². The molecule has 2 N–H and O–H groups in total. The smallest absolute Gasteiger partial charge is 0.255 e. The Bertz CT molecular complexity index is 802. The van der Waals surface area contributed by atoms with Crippen LogP contribution in [0, 0.1) is 12.7 Å². The van der Waals surface area contributed by atoms with Gasteiger partial charge in [0.05, 0.1) is 4.90 Å². The molecule has 0 unspecified atom stereocenters. The molecule has 2 rings (SSSR count). The van der Waals surface area contributed by atoms with Crippen LogP contribution in [-0.4, -0.2) is 21.4 Å². The molecule has 7 heteroatoms. The van der Waals surface area contributed by atoms with Gasteiger partial charge in [0, 0.05) is 11.3 Å². The summed E-state index contributed by atoms with van der Waals surface area (Å²) in [5.74, 6) is -0.778. The van der Waals surface area contributed by atoms with Crippen LogP contribution in [0.5, 0.6) is 0 Å². The lowest BCUT2D eigenvalue weighted by atomic mass is 10.1. The Labute approximate surface area is 128 Å². The van der Waals surface area contributed by atoms with Crippen LogP contribution in [0.3, 0.4) is 0 Å². The van der Waals surface area contributed by atoms with Crippen molar-refractivity contribution in [3.63, 3.8) is 0 Å². The van der Waals surface area contributed by atoms with E-state index in [1.54, 1.807) is 6.92 Å². The minimum Gasteiger partial charge on any atom is -0.322 e. The second-order valence-corrected chi connectivity index (χ2v) is 6.53. The number of amides is 1. The maximum Gasteiger partial charge on any atom is 0.255 e. The van der Waals surface area contributed by atoms with Crippen molar-refractivity contribution in [3.05, 3.63) is 59.4 Å². The summed E-state index contributed by atoms with van der Waals surface area (Å²) >= 11 is 0. The number of rotatable bonds is 4. The van der Waals surface area contributed by atoms with E-state index < -0.39 is 15.9 Å². The predicted octanol–water partition coefficient (Wildman–Crippen LogP) is 2.29. The molecule has 1 amide bonds. The van der Waals surface area contributed by atoms with E-state index in [0.29, 0.717) is 16.8 Å². The molecule has 0 bridgehead atoms. The van der Waals surface area contributed by atoms with E-state index in [1.807, 2.05) is 0 Å². The fourth-order valence-electron chi connectivity index (χ4n) is 1.87. The molecule has 0 spiro atoms. The molecule has 0 saturated heterocycles. The summed E-state index contributed by atoms with van der Waals surface area (Å²) in [7, 11) is -2.22. The van der Waals surface area contributed by atoms with Crippen molar-refractivity contribution < 1.29 is 17.6 Å². The Kier molecular flexibility index (Phi) is 4.58. The first kappa shape index (κ1) is 16.1. The number of hydrogen-bond acceptors (Lipinski definition) is 3. The number of nitrogens with one attached hydrogen (secondary N) is 2. The van der Waals surface area contributed by atoms with Crippen LogP contribution in [0.4, 0.5) is 10.1 Å². The first-order valence-corrected chi connectivity index (χ1v) is 7.93. The van der Waals surface area contributed by atoms with Gasteiger partial charge in [-0.3, -0.25) is 4.79 Å². The van der Waals surface area contributed by atoms with Crippen molar-refractivity contribution in [3.8, 4) is 0 Å². The number of halogens is 1. The summed E-state index contributed by atoms with van der Waals surface area (Å²) in [4.78, 5) is 12.2. The SMILES string of the molecule is CNS(=O)(=O)c1ccc(C(=O)Nc2ccc(F)cc2C)cc1. The number of carbonyl (C=O) groups is 1. The number of aryl methyl sites for hydroxylation is 1. The van der Waals surface area contributed by atoms with Crippen LogP contribution in [0.1, 0.15) is 15.9 Å². The van der Waals surface area contributed by atoms with Crippen molar-refractivity contribution in [2.75, 3.05) is 12.4 Å². The second kappa shape index (κ2) is 6.25. The Balaban J connectivity index is 2.20. The molecule has 0 heterocycles. The summed E-state index contributed by atoms with van der Waals surface area (Å²) in [5, 5.41) is 2.66. The molecule has 0 saturated carbocycles. The van der Waals surface area contributed by atoms with E-state index in [-0.39, 0.29) is 10.7 Å². The molecule has 0 radical (unpaired) electrons. The average molecular weight is 322 g/mol. The molecule has 2 aromatic rings. The van der Waals surface area contributed by atoms with Crippen LogP contribution >= 0.6 is 0 Å². The number of anilines is 1. The Morgan fingerprint density at radius 1 is 1.09 bits per heavy atom. The number of sulfonamides is 1. The van der Waals surface area contributed by atoms with Gasteiger partial charge in [0.2, 0.25) is 10.0 Å². The van der Waals surface area contributed by atoms with Crippen molar-refractivity contribution in [2.45, 2.75) is 11.8 Å². The van der Waals surface area contributed by atoms with Gasteiger partial charge in [-0.1, -0.05) is 0 Å². The molecule has 2 aromatic carbocycles. The zero-order valence-electron chi connectivity index (χ0n) is 12.1. The zero-order valence-corrected chi connectivity index (χ0v) is 12.9. The predicted molar refractivity (Wildman–Crippen MR) is 81.8 cm³/mol. The normalized spacial score (nSPS) is 11.2. The van der Waals surface area contributed by atoms with Crippen molar-refractivity contribution in [1.29, 1.82) is 0 Å². The van der Waals surface area contributed by atoms with Gasteiger partial charge in [-0.15, -0.1) is 0 Å². The number of carbonyl (C=O) groups excluding carboxylic acids is 1. The highest BCUT2D eigenvalue weighted by atomic mass is 32.2. The molecule has 0 aromatic heterocycles. The van der Waals surface area contributed by atoms with E-state index >= 15 is 0 Å². The molecule has 0 aliphatic carbocycles. The standard InChI is InChI=1S/C15H15FN2O3S/c1-10-9-12(16)5-8-14(10)18-15(19)11-3-6-13(7-4-11)22(20,21)17-2/h3-9,17H,1-2H3,(H,18,19). The first-order valence-electron chi connectivity index (χ1n) is 6.44. The lowest BCUT2D eigenvalue weighted by Gasteiger charge is -2.09. The third-order valence-electron chi connectivity index (χ3n) is 3.13. The first-order chi connectivity index (χ1) is 10.3. The lowest BCUT2D eigenvalue weighted by Crippen LogP contribution is -2.19. The molecule has 0 fully saturated rings. The maximum atomic E-state index is 13.0. The highest BCUT2D eigenvalue weighted by molar-refractivity contribution is 7.89. The summed E-state index contributed by atoms with van der Waals surface area (Å²) in [6, 6.07) is 9.57. The third kappa shape index (κ3) is 3.49. The molecular weight excluding hydrogens is 307 g/mol. The highest BCUT2D eigenvalue weighted by Crippen LogP contribution is 2.17. The van der Waals surface area contributed by atoms with E-state index in [0.717, 1.165) is 0 Å². The average Bonchev–Trinajstić information content (AvgIpc) is 2.50. The van der Waals surface area contributed by atoms with Gasteiger partial charge in [-0.2, -0.15) is 0 Å². The van der Waals surface area contributed by atoms with E-state index in [2.05, 4.69) is 10.0 Å². The van der Waals surface area contributed by atoms with Gasteiger partial charge in [0.15, 0.2) is 0 Å². The molecular formula is C15H15FN2O3S. The quantitative estimate of drug-likeness (QED) is 0.907. The summed E-state index contributed by atoms with van der Waals surface area (Å²) < 4.78 is 38.4. The minimum absolute atomic E-state index is 0.0736. The summed E-state index contributed by atoms with van der Waals surface area (Å²) in [6.45, 7) is 1.68. The Morgan fingerprint density at radius 2 is 1.73 bits per heavy atom. The number of benzene rings is 2. The highest BCUT2D eigenvalue weighted by Gasteiger charge is 2.13. The fourth-order valence-corrected chi connectivity index (χ4v) is 2.60. The lowest BCUT2D eigenvalue weighted by molar-refractivity contribution is 0.102. The van der Waals surface area contributed by atoms with Gasteiger partial charge < -0.3 is 5.32 Å². The topological polar surface area (TPSA) is 75.3 Å². The number of hydrogen-bond donors (Lipinski definition) is 2. The molecule has 116 valence electrons. The van der Waals surface area contributed by atoms with Gasteiger partial charge in [0.25, 0.3) is 5.91 Å². The monoisotopic (exact) mass is 322 g/mol. The van der Waals surface area contributed by atoms with Crippen LogP contribution in [0.15, 0.2) is 47.4 Å². The maximum absolute atomic E-state index is 13.0. The minimum atomic E-state index is -3.53. The third-order valence-corrected chi connectivity index (χ3v) is 4.56. The fraction of sp³-hybridized carbons (Fsp3) is 0.133. The van der Waals surface area contributed by atoms with E-state index in [4.69, 9.17) is 0 Å². The zero-order chi connectivity index (χ0) is 16.3. The molecule has 0 aliphatic rings. The Morgan fingerprint density at radius 3 is 2.27 bits per heavy atom. The van der Waals surface area contributed by atoms with E-state index in [9.17, 15) is 17.6 Å². The van der Waals surface area contributed by atoms with Gasteiger partial charge >= 0.3 is 0 Å². The molecule has 22 heavy (non-hydrogen) atoms. The van der Waals surface area contributed by atoms with Crippen molar-refractivity contribution in [1.82, 2.24) is 4.72 Å². The van der Waals surface area contributed by atoms with E-state index in [1.165, 1.54) is 49.5 Å². The van der Waals surface area contributed by atoms with Crippen LogP contribution in [0.2, 0.25) is 0 Å². The molecule has 0 aliphatic heterocycles. The van der Waals surface area contributed by atoms with Crippen LogP contribution < -0.4 is 10.0 Å². The van der Waals surface area contributed by atoms with Crippen molar-refractivity contribution >= 4 is 21.6 Å². The van der Waals surface area contributed by atoms with Gasteiger partial charge in [-0.25, -0.2) is 17.5 Å². The molecule has 0 atom stereocenters. The van der Waals surface area contributed by atoms with Gasteiger partial charge in [-0.05, 0) is 62.0 Å². The van der Waals surface area contributed by atoms with Crippen molar-refractivity contribution in [2.24, 2.45) is 0 Å². The van der Waals surface area contributed by atoms with Gasteiger partial charge in [0.1, 0.15) is 5.82 Å². The largest absolute Gasteiger partial charge is 0.322 e. The molecule has 5 nitrogen and oxygen atoms in total. The van der Waals surface area contributed by atoms with Crippen LogP contribution in [-0.2, 0) is 10.0 Å². The summed E-state index contributed by atoms with van der Waals surface area (Å²) in [6.07, 6.45) is 0. The second-order valence-electron chi connectivity index (χ2n) is 4.65. The Hall–Kier alpha value is -2.25. The summed E-state index contributed by atoms with van der Waals surface area (Å²) in [5.41, 5.74) is 1.40.